The molecule has 1 N–H and O–H groups in total. The number of aliphatic hydroxyl groups is 1. The number of hydrogen-bond donors (Lipinski definition) is 1. The first-order chi connectivity index (χ1) is 8.36. The lowest BCUT2D eigenvalue weighted by Crippen LogP contribution is -2.27. The zero-order chi connectivity index (χ0) is 11.7. The molecule has 86 valence electrons. The minimum Gasteiger partial charge on any atom is -0.392 e. The van der Waals surface area contributed by atoms with Gasteiger partial charge in [-0.25, -0.2) is 0 Å². The highest BCUT2D eigenvalue weighted by Crippen LogP contribution is 2.35. The van der Waals surface area contributed by atoms with Crippen LogP contribution in [-0.4, -0.2) is 16.2 Å². The molecule has 2 atom stereocenters. The third-order valence-corrected chi connectivity index (χ3v) is 3.47. The van der Waals surface area contributed by atoms with Crippen molar-refractivity contribution in [1.29, 1.82) is 0 Å². The van der Waals surface area contributed by atoms with Crippen molar-refractivity contribution in [3.05, 3.63) is 65.5 Å². The minimum atomic E-state index is -0.320. The van der Waals surface area contributed by atoms with Gasteiger partial charge in [0.05, 0.1) is 17.7 Å². The van der Waals surface area contributed by atoms with Crippen LogP contribution in [0.1, 0.15) is 29.2 Å². The van der Waals surface area contributed by atoms with Crippen molar-refractivity contribution in [2.45, 2.75) is 24.9 Å². The van der Waals surface area contributed by atoms with Gasteiger partial charge in [0.1, 0.15) is 0 Å². The van der Waals surface area contributed by atoms with E-state index in [1.807, 2.05) is 30.5 Å². The highest BCUT2D eigenvalue weighted by atomic mass is 16.3. The second-order valence-electron chi connectivity index (χ2n) is 4.54. The lowest BCUT2D eigenvalue weighted by Gasteiger charge is -2.29. The van der Waals surface area contributed by atoms with Gasteiger partial charge in [-0.15, -0.1) is 0 Å². The topological polar surface area (TPSA) is 33.1 Å². The number of benzene rings is 1. The number of pyridine rings is 1. The summed E-state index contributed by atoms with van der Waals surface area (Å²) >= 11 is 0. The number of aryl methyl sites for hydroxylation is 1. The SMILES string of the molecule is O[C@H]1CCc2cccnc2[C@@H]1c1ccccc1. The highest BCUT2D eigenvalue weighted by molar-refractivity contribution is 5.36. The Labute approximate surface area is 101 Å². The second-order valence-corrected chi connectivity index (χ2v) is 4.54. The summed E-state index contributed by atoms with van der Waals surface area (Å²) in [6.07, 6.45) is 3.23. The van der Waals surface area contributed by atoms with E-state index >= 15 is 0 Å². The molecule has 0 amide bonds. The van der Waals surface area contributed by atoms with E-state index in [0.29, 0.717) is 0 Å². The first kappa shape index (κ1) is 10.5. The fourth-order valence-corrected chi connectivity index (χ4v) is 2.63. The van der Waals surface area contributed by atoms with E-state index in [2.05, 4.69) is 23.2 Å². The molecule has 1 aromatic carbocycles. The Hall–Kier alpha value is -1.67. The molecule has 17 heavy (non-hydrogen) atoms. The minimum absolute atomic E-state index is 0.0288. The summed E-state index contributed by atoms with van der Waals surface area (Å²) in [5.74, 6) is 0.0288. The molecule has 0 aliphatic heterocycles. The van der Waals surface area contributed by atoms with Crippen LogP contribution in [-0.2, 0) is 6.42 Å². The summed E-state index contributed by atoms with van der Waals surface area (Å²) < 4.78 is 0. The number of nitrogens with zero attached hydrogens (tertiary/aromatic N) is 1. The molecule has 2 heteroatoms. The van der Waals surface area contributed by atoms with Gasteiger partial charge in [-0.3, -0.25) is 4.98 Å². The van der Waals surface area contributed by atoms with Gasteiger partial charge < -0.3 is 5.11 Å². The monoisotopic (exact) mass is 225 g/mol. The lowest BCUT2D eigenvalue weighted by molar-refractivity contribution is 0.138. The standard InChI is InChI=1S/C15H15NO/c17-13-9-8-12-7-4-10-16-15(12)14(13)11-5-2-1-3-6-11/h1-7,10,13-14,17H,8-9H2/t13-,14+/m0/s1. The normalized spacial score (nSPS) is 23.1. The van der Waals surface area contributed by atoms with Gasteiger partial charge >= 0.3 is 0 Å². The first-order valence-corrected chi connectivity index (χ1v) is 6.03. The Morgan fingerprint density at radius 3 is 2.71 bits per heavy atom. The predicted molar refractivity (Wildman–Crippen MR) is 66.8 cm³/mol. The van der Waals surface area contributed by atoms with Gasteiger partial charge in [0, 0.05) is 6.20 Å². The van der Waals surface area contributed by atoms with Gasteiger partial charge in [0.25, 0.3) is 0 Å². The molecule has 1 aliphatic carbocycles. The zero-order valence-electron chi connectivity index (χ0n) is 9.58. The maximum Gasteiger partial charge on any atom is 0.0667 e. The molecule has 2 nitrogen and oxygen atoms in total. The van der Waals surface area contributed by atoms with E-state index < -0.39 is 0 Å². The summed E-state index contributed by atoms with van der Waals surface area (Å²) in [6.45, 7) is 0. The van der Waals surface area contributed by atoms with Gasteiger partial charge in [-0.05, 0) is 30.0 Å². The van der Waals surface area contributed by atoms with E-state index in [0.717, 1.165) is 24.1 Å². The van der Waals surface area contributed by atoms with Crippen LogP contribution in [0, 0.1) is 0 Å². The average molecular weight is 225 g/mol. The van der Waals surface area contributed by atoms with Crippen LogP contribution in [0.25, 0.3) is 0 Å². The molecule has 1 heterocycles. The van der Waals surface area contributed by atoms with Crippen molar-refractivity contribution in [3.8, 4) is 0 Å². The number of aromatic nitrogens is 1. The molecule has 1 aliphatic rings. The summed E-state index contributed by atoms with van der Waals surface area (Å²) in [6, 6.07) is 14.2. The largest absolute Gasteiger partial charge is 0.392 e. The third-order valence-electron chi connectivity index (χ3n) is 3.47. The van der Waals surface area contributed by atoms with Crippen LogP contribution in [0.3, 0.4) is 0 Å². The smallest absolute Gasteiger partial charge is 0.0667 e. The molecule has 0 bridgehead atoms. The van der Waals surface area contributed by atoms with Gasteiger partial charge in [-0.2, -0.15) is 0 Å². The van der Waals surface area contributed by atoms with Crippen molar-refractivity contribution in [2.24, 2.45) is 0 Å². The second kappa shape index (κ2) is 4.30. The van der Waals surface area contributed by atoms with Crippen LogP contribution in [0.5, 0.6) is 0 Å². The van der Waals surface area contributed by atoms with Crippen molar-refractivity contribution in [2.75, 3.05) is 0 Å². The molecule has 0 fully saturated rings. The molecule has 0 saturated carbocycles. The van der Waals surface area contributed by atoms with Gasteiger partial charge in [0.15, 0.2) is 0 Å². The van der Waals surface area contributed by atoms with Crippen LogP contribution < -0.4 is 0 Å². The van der Waals surface area contributed by atoms with E-state index in [1.54, 1.807) is 0 Å². The summed E-state index contributed by atoms with van der Waals surface area (Å²) in [4.78, 5) is 4.47. The van der Waals surface area contributed by atoms with Crippen LogP contribution in [0.4, 0.5) is 0 Å². The van der Waals surface area contributed by atoms with E-state index in [-0.39, 0.29) is 12.0 Å². The molecule has 0 spiro atoms. The van der Waals surface area contributed by atoms with Gasteiger partial charge in [-0.1, -0.05) is 36.4 Å². The van der Waals surface area contributed by atoms with Crippen molar-refractivity contribution in [3.63, 3.8) is 0 Å². The highest BCUT2D eigenvalue weighted by Gasteiger charge is 2.30. The number of fused-ring (bicyclic) bond motifs is 1. The molecule has 0 saturated heterocycles. The van der Waals surface area contributed by atoms with Crippen molar-refractivity contribution >= 4 is 0 Å². The molecule has 2 aromatic rings. The Morgan fingerprint density at radius 1 is 1.06 bits per heavy atom. The Balaban J connectivity index is 2.10. The Kier molecular flexibility index (Phi) is 2.65. The first-order valence-electron chi connectivity index (χ1n) is 6.03. The van der Waals surface area contributed by atoms with Crippen molar-refractivity contribution < 1.29 is 5.11 Å². The number of aliphatic hydroxyl groups excluding tert-OH is 1. The van der Waals surface area contributed by atoms with Crippen molar-refractivity contribution in [1.82, 2.24) is 4.98 Å². The van der Waals surface area contributed by atoms with Gasteiger partial charge in [0.2, 0.25) is 0 Å². The summed E-state index contributed by atoms with van der Waals surface area (Å²) in [7, 11) is 0. The zero-order valence-corrected chi connectivity index (χ0v) is 9.58. The predicted octanol–water partition coefficient (Wildman–Crippen LogP) is 2.52. The van der Waals surface area contributed by atoms with Crippen LogP contribution in [0.2, 0.25) is 0 Å². The van der Waals surface area contributed by atoms with E-state index in [4.69, 9.17) is 0 Å². The summed E-state index contributed by atoms with van der Waals surface area (Å²) in [5.41, 5.74) is 3.46. The van der Waals surface area contributed by atoms with E-state index in [9.17, 15) is 5.11 Å². The van der Waals surface area contributed by atoms with Crippen LogP contribution in [0.15, 0.2) is 48.7 Å². The lowest BCUT2D eigenvalue weighted by atomic mass is 9.80. The van der Waals surface area contributed by atoms with E-state index in [1.165, 1.54) is 5.56 Å². The molecule has 1 aromatic heterocycles. The summed E-state index contributed by atoms with van der Waals surface area (Å²) in [5, 5.41) is 10.2. The quantitative estimate of drug-likeness (QED) is 0.809. The maximum absolute atomic E-state index is 10.2. The average Bonchev–Trinajstić information content (AvgIpc) is 2.39. The molecule has 0 radical (unpaired) electrons. The van der Waals surface area contributed by atoms with Crippen LogP contribution >= 0.6 is 0 Å². The fraction of sp³-hybridized carbons (Fsp3) is 0.267. The fourth-order valence-electron chi connectivity index (χ4n) is 2.63. The third kappa shape index (κ3) is 1.85. The molecule has 0 unspecified atom stereocenters. The molecule has 3 rings (SSSR count). The molecular weight excluding hydrogens is 210 g/mol. The Morgan fingerprint density at radius 2 is 1.88 bits per heavy atom. The number of rotatable bonds is 1. The Bertz CT molecular complexity index is 509. The number of hydrogen-bond acceptors (Lipinski definition) is 2. The molecular formula is C15H15NO. The maximum atomic E-state index is 10.2.